The minimum atomic E-state index is 0.585. The first-order valence-electron chi connectivity index (χ1n) is 6.42. The van der Waals surface area contributed by atoms with E-state index in [1.165, 1.54) is 22.6 Å². The summed E-state index contributed by atoms with van der Waals surface area (Å²) >= 11 is 2.05. The number of benzene rings is 1. The number of thioether (sulfide) groups is 1. The zero-order valence-corrected chi connectivity index (χ0v) is 12.3. The number of nitrogens with one attached hydrogen (secondary N) is 1. The lowest BCUT2D eigenvalue weighted by molar-refractivity contribution is 0.616. The number of hydrogen-bond donors (Lipinski definition) is 1. The molecule has 17 heavy (non-hydrogen) atoms. The van der Waals surface area contributed by atoms with Crippen molar-refractivity contribution in [1.29, 1.82) is 0 Å². The van der Waals surface area contributed by atoms with Gasteiger partial charge in [0.15, 0.2) is 0 Å². The molecule has 1 nitrogen and oxygen atoms in total. The van der Waals surface area contributed by atoms with Crippen molar-refractivity contribution in [2.45, 2.75) is 33.2 Å². The fourth-order valence-corrected chi connectivity index (χ4v) is 2.88. The van der Waals surface area contributed by atoms with Crippen molar-refractivity contribution in [3.8, 4) is 0 Å². The van der Waals surface area contributed by atoms with Crippen molar-refractivity contribution in [2.24, 2.45) is 5.92 Å². The molecular formula is C15H25NS. The second-order valence-electron chi connectivity index (χ2n) is 5.11. The summed E-state index contributed by atoms with van der Waals surface area (Å²) in [7, 11) is 2.06. The van der Waals surface area contributed by atoms with Gasteiger partial charge in [-0.05, 0) is 37.6 Å². The number of rotatable bonds is 7. The van der Waals surface area contributed by atoms with Crippen LogP contribution in [0.1, 0.15) is 25.0 Å². The van der Waals surface area contributed by atoms with E-state index in [9.17, 15) is 0 Å². The highest BCUT2D eigenvalue weighted by Crippen LogP contribution is 2.12. The van der Waals surface area contributed by atoms with Crippen LogP contribution in [0.5, 0.6) is 0 Å². The van der Waals surface area contributed by atoms with Crippen LogP contribution in [0.15, 0.2) is 24.3 Å². The lowest BCUT2D eigenvalue weighted by Crippen LogP contribution is -2.30. The zero-order valence-electron chi connectivity index (χ0n) is 11.5. The van der Waals surface area contributed by atoms with Gasteiger partial charge in [0.25, 0.3) is 0 Å². The van der Waals surface area contributed by atoms with Crippen molar-refractivity contribution in [3.05, 3.63) is 35.4 Å². The van der Waals surface area contributed by atoms with Crippen LogP contribution in [0, 0.1) is 12.8 Å². The molecule has 1 aromatic rings. The molecule has 2 heteroatoms. The quantitative estimate of drug-likeness (QED) is 0.796. The molecule has 96 valence electrons. The molecule has 0 fully saturated rings. The Balaban J connectivity index is 2.38. The highest BCUT2D eigenvalue weighted by molar-refractivity contribution is 7.99. The molecule has 0 aliphatic carbocycles. The van der Waals surface area contributed by atoms with Crippen molar-refractivity contribution in [2.75, 3.05) is 18.6 Å². The van der Waals surface area contributed by atoms with Gasteiger partial charge in [-0.1, -0.05) is 43.7 Å². The molecule has 0 bridgehead atoms. The molecule has 0 heterocycles. The standard InChI is InChI=1S/C15H25NS/c1-12(2)10-17-11-15(16-4)9-14-7-5-13(3)6-8-14/h5-8,12,15-16H,9-11H2,1-4H3. The molecule has 0 amide bonds. The second-order valence-corrected chi connectivity index (χ2v) is 6.18. The first-order chi connectivity index (χ1) is 8.11. The minimum Gasteiger partial charge on any atom is -0.316 e. The Bertz CT molecular complexity index is 305. The topological polar surface area (TPSA) is 12.0 Å². The average Bonchev–Trinajstić information content (AvgIpc) is 2.30. The molecule has 0 spiro atoms. The van der Waals surface area contributed by atoms with E-state index in [1.807, 2.05) is 0 Å². The van der Waals surface area contributed by atoms with Gasteiger partial charge in [0.05, 0.1) is 0 Å². The largest absolute Gasteiger partial charge is 0.316 e. The van der Waals surface area contributed by atoms with Gasteiger partial charge in [-0.25, -0.2) is 0 Å². The molecule has 1 unspecified atom stereocenters. The third kappa shape index (κ3) is 6.13. The van der Waals surface area contributed by atoms with Crippen LogP contribution in [-0.4, -0.2) is 24.6 Å². The summed E-state index contributed by atoms with van der Waals surface area (Å²) in [4.78, 5) is 0. The zero-order chi connectivity index (χ0) is 12.7. The first-order valence-corrected chi connectivity index (χ1v) is 7.58. The summed E-state index contributed by atoms with van der Waals surface area (Å²) in [6.07, 6.45) is 1.13. The van der Waals surface area contributed by atoms with E-state index in [2.05, 4.69) is 69.2 Å². The van der Waals surface area contributed by atoms with E-state index in [-0.39, 0.29) is 0 Å². The monoisotopic (exact) mass is 251 g/mol. The van der Waals surface area contributed by atoms with Crippen LogP contribution in [0.4, 0.5) is 0 Å². The summed E-state index contributed by atoms with van der Waals surface area (Å²) in [5.41, 5.74) is 2.77. The number of likely N-dealkylation sites (N-methyl/N-ethyl adjacent to an activating group) is 1. The minimum absolute atomic E-state index is 0.585. The summed E-state index contributed by atoms with van der Waals surface area (Å²) in [6, 6.07) is 9.47. The predicted molar refractivity (Wildman–Crippen MR) is 79.9 cm³/mol. The van der Waals surface area contributed by atoms with Crippen molar-refractivity contribution in [3.63, 3.8) is 0 Å². The molecule has 1 rings (SSSR count). The maximum atomic E-state index is 3.42. The summed E-state index contributed by atoms with van der Waals surface area (Å²) < 4.78 is 0. The Morgan fingerprint density at radius 2 is 1.76 bits per heavy atom. The van der Waals surface area contributed by atoms with Gasteiger partial charge in [-0.3, -0.25) is 0 Å². The van der Waals surface area contributed by atoms with Crippen molar-refractivity contribution in [1.82, 2.24) is 5.32 Å². The number of aryl methyl sites for hydroxylation is 1. The maximum absolute atomic E-state index is 3.42. The molecule has 0 aromatic heterocycles. The normalized spacial score (nSPS) is 13.0. The summed E-state index contributed by atoms with van der Waals surface area (Å²) in [5, 5.41) is 3.42. The molecule has 1 atom stereocenters. The highest BCUT2D eigenvalue weighted by atomic mass is 32.2. The van der Waals surface area contributed by atoms with Crippen LogP contribution < -0.4 is 5.32 Å². The number of hydrogen-bond acceptors (Lipinski definition) is 2. The van der Waals surface area contributed by atoms with Gasteiger partial charge in [0.2, 0.25) is 0 Å². The Labute approximate surface area is 110 Å². The van der Waals surface area contributed by atoms with E-state index in [0.717, 1.165) is 12.3 Å². The third-order valence-corrected chi connectivity index (χ3v) is 4.32. The van der Waals surface area contributed by atoms with Crippen molar-refractivity contribution >= 4 is 11.8 Å². The van der Waals surface area contributed by atoms with E-state index < -0.39 is 0 Å². The van der Waals surface area contributed by atoms with Gasteiger partial charge in [-0.15, -0.1) is 0 Å². The third-order valence-electron chi connectivity index (χ3n) is 2.78. The van der Waals surface area contributed by atoms with Gasteiger partial charge in [0, 0.05) is 11.8 Å². The molecule has 0 saturated carbocycles. The maximum Gasteiger partial charge on any atom is 0.0195 e. The van der Waals surface area contributed by atoms with Gasteiger partial charge < -0.3 is 5.32 Å². The van der Waals surface area contributed by atoms with E-state index in [1.54, 1.807) is 0 Å². The SMILES string of the molecule is CNC(CSCC(C)C)Cc1ccc(C)cc1. The molecule has 0 saturated heterocycles. The second kappa shape index (κ2) is 7.78. The Morgan fingerprint density at radius 1 is 1.12 bits per heavy atom. The van der Waals surface area contributed by atoms with Crippen LogP contribution in [0.25, 0.3) is 0 Å². The Kier molecular flexibility index (Phi) is 6.68. The van der Waals surface area contributed by atoms with Gasteiger partial charge in [-0.2, -0.15) is 11.8 Å². The average molecular weight is 251 g/mol. The van der Waals surface area contributed by atoms with Crippen LogP contribution in [-0.2, 0) is 6.42 Å². The van der Waals surface area contributed by atoms with Crippen molar-refractivity contribution < 1.29 is 0 Å². The highest BCUT2D eigenvalue weighted by Gasteiger charge is 2.07. The fraction of sp³-hybridized carbons (Fsp3) is 0.600. The van der Waals surface area contributed by atoms with E-state index >= 15 is 0 Å². The predicted octanol–water partition coefficient (Wildman–Crippen LogP) is 3.51. The van der Waals surface area contributed by atoms with Gasteiger partial charge >= 0.3 is 0 Å². The molecule has 1 N–H and O–H groups in total. The Hall–Kier alpha value is -0.470. The smallest absolute Gasteiger partial charge is 0.0195 e. The first kappa shape index (κ1) is 14.6. The Morgan fingerprint density at radius 3 is 2.29 bits per heavy atom. The van der Waals surface area contributed by atoms with E-state index in [0.29, 0.717) is 6.04 Å². The van der Waals surface area contributed by atoms with Crippen LogP contribution >= 0.6 is 11.8 Å². The van der Waals surface area contributed by atoms with Crippen LogP contribution in [0.3, 0.4) is 0 Å². The fourth-order valence-electron chi connectivity index (χ4n) is 1.70. The van der Waals surface area contributed by atoms with Crippen LogP contribution in [0.2, 0.25) is 0 Å². The van der Waals surface area contributed by atoms with E-state index in [4.69, 9.17) is 0 Å². The summed E-state index contributed by atoms with van der Waals surface area (Å²) in [6.45, 7) is 6.69. The molecule has 1 aromatic carbocycles. The lowest BCUT2D eigenvalue weighted by atomic mass is 10.1. The molecule has 0 aliphatic rings. The molecular weight excluding hydrogens is 226 g/mol. The van der Waals surface area contributed by atoms with Gasteiger partial charge in [0.1, 0.15) is 0 Å². The lowest BCUT2D eigenvalue weighted by Gasteiger charge is -2.16. The summed E-state index contributed by atoms with van der Waals surface area (Å²) in [5.74, 6) is 3.24. The molecule has 0 aliphatic heterocycles. The molecule has 0 radical (unpaired) electrons.